The number of nitro groups is 1. The Bertz CT molecular complexity index is 420. The summed E-state index contributed by atoms with van der Waals surface area (Å²) < 4.78 is 28.0. The van der Waals surface area contributed by atoms with Crippen LogP contribution in [0.25, 0.3) is 6.08 Å². The van der Waals surface area contributed by atoms with Crippen molar-refractivity contribution in [2.45, 2.75) is 6.61 Å². The van der Waals surface area contributed by atoms with Gasteiger partial charge in [0.15, 0.2) is 11.5 Å². The Morgan fingerprint density at radius 3 is 2.75 bits per heavy atom. The first-order chi connectivity index (χ1) is 7.50. The summed E-state index contributed by atoms with van der Waals surface area (Å²) in [5.74, 6) is -0.999. The van der Waals surface area contributed by atoms with E-state index < -0.39 is 23.0 Å². The molecule has 1 rings (SSSR count). The van der Waals surface area contributed by atoms with Crippen LogP contribution in [0.1, 0.15) is 5.56 Å². The molecule has 1 aromatic carbocycles. The molecular formula is C9H7F2NO4. The largest absolute Gasteiger partial charge is 0.504 e. The maximum absolute atomic E-state index is 12.0. The number of phenolic OH excluding ortho intramolecular Hbond substituents is 1. The number of aromatic hydroxyl groups is 1. The molecule has 1 aromatic rings. The standard InChI is InChI=1S/C9H7F2NO4/c10-9(11)16-8-6(4-5-12(14)15)2-1-3-7(8)13/h1-5,9,13H/b5-4+. The van der Waals surface area contributed by atoms with Gasteiger partial charge in [-0.2, -0.15) is 8.78 Å². The van der Waals surface area contributed by atoms with Crippen LogP contribution in [-0.2, 0) is 0 Å². The molecule has 0 saturated heterocycles. The molecule has 7 heteroatoms. The van der Waals surface area contributed by atoms with Crippen molar-refractivity contribution < 1.29 is 23.5 Å². The van der Waals surface area contributed by atoms with Crippen LogP contribution in [0.15, 0.2) is 24.4 Å². The third kappa shape index (κ3) is 3.19. The highest BCUT2D eigenvalue weighted by Crippen LogP contribution is 2.32. The molecule has 0 amide bonds. The van der Waals surface area contributed by atoms with Gasteiger partial charge in [0.2, 0.25) is 6.20 Å². The summed E-state index contributed by atoms with van der Waals surface area (Å²) in [5, 5.41) is 19.3. The van der Waals surface area contributed by atoms with Gasteiger partial charge in [-0.25, -0.2) is 0 Å². The second-order valence-corrected chi connectivity index (χ2v) is 2.68. The Balaban J connectivity index is 3.07. The maximum atomic E-state index is 12.0. The monoisotopic (exact) mass is 231 g/mol. The van der Waals surface area contributed by atoms with E-state index in [1.807, 2.05) is 0 Å². The fourth-order valence-electron chi connectivity index (χ4n) is 1.03. The lowest BCUT2D eigenvalue weighted by Crippen LogP contribution is -2.03. The molecule has 0 fully saturated rings. The van der Waals surface area contributed by atoms with Gasteiger partial charge in [-0.3, -0.25) is 10.1 Å². The molecule has 0 atom stereocenters. The lowest BCUT2D eigenvalue weighted by atomic mass is 10.2. The van der Waals surface area contributed by atoms with Gasteiger partial charge in [-0.05, 0) is 6.07 Å². The Morgan fingerprint density at radius 1 is 1.50 bits per heavy atom. The van der Waals surface area contributed by atoms with Crippen LogP contribution < -0.4 is 4.74 Å². The summed E-state index contributed by atoms with van der Waals surface area (Å²) in [6, 6.07) is 3.80. The van der Waals surface area contributed by atoms with Crippen LogP contribution in [0.2, 0.25) is 0 Å². The summed E-state index contributed by atoms with van der Waals surface area (Å²) in [6.45, 7) is -3.11. The van der Waals surface area contributed by atoms with E-state index in [1.165, 1.54) is 12.1 Å². The van der Waals surface area contributed by atoms with Crippen LogP contribution in [0, 0.1) is 10.1 Å². The van der Waals surface area contributed by atoms with Gasteiger partial charge in [0.1, 0.15) is 0 Å². The van der Waals surface area contributed by atoms with Gasteiger partial charge < -0.3 is 9.84 Å². The van der Waals surface area contributed by atoms with Crippen molar-refractivity contribution in [2.75, 3.05) is 0 Å². The zero-order chi connectivity index (χ0) is 12.1. The second-order valence-electron chi connectivity index (χ2n) is 2.68. The number of rotatable bonds is 4. The van der Waals surface area contributed by atoms with E-state index >= 15 is 0 Å². The van der Waals surface area contributed by atoms with Gasteiger partial charge in [0, 0.05) is 11.6 Å². The molecule has 5 nitrogen and oxygen atoms in total. The zero-order valence-corrected chi connectivity index (χ0v) is 7.84. The molecule has 0 saturated carbocycles. The summed E-state index contributed by atoms with van der Waals surface area (Å²) >= 11 is 0. The fraction of sp³-hybridized carbons (Fsp3) is 0.111. The minimum atomic E-state index is -3.11. The number of nitrogens with zero attached hydrogens (tertiary/aromatic N) is 1. The molecule has 16 heavy (non-hydrogen) atoms. The Labute approximate surface area is 88.7 Å². The highest BCUT2D eigenvalue weighted by Gasteiger charge is 2.12. The third-order valence-corrected chi connectivity index (χ3v) is 1.61. The van der Waals surface area contributed by atoms with E-state index in [1.54, 1.807) is 0 Å². The molecular weight excluding hydrogens is 224 g/mol. The fourth-order valence-corrected chi connectivity index (χ4v) is 1.03. The predicted octanol–water partition coefficient (Wildman–Crippen LogP) is 2.24. The van der Waals surface area contributed by atoms with Crippen LogP contribution in [0.4, 0.5) is 8.78 Å². The molecule has 0 radical (unpaired) electrons. The van der Waals surface area contributed by atoms with Crippen LogP contribution in [0.5, 0.6) is 11.5 Å². The molecule has 0 aliphatic carbocycles. The number of hydrogen-bond acceptors (Lipinski definition) is 4. The van der Waals surface area contributed by atoms with Gasteiger partial charge in [0.25, 0.3) is 0 Å². The number of halogens is 2. The highest BCUT2D eigenvalue weighted by molar-refractivity contribution is 5.61. The van der Waals surface area contributed by atoms with Crippen molar-refractivity contribution in [3.63, 3.8) is 0 Å². The normalized spacial score (nSPS) is 10.9. The molecule has 0 unspecified atom stereocenters. The van der Waals surface area contributed by atoms with Crippen LogP contribution in [-0.4, -0.2) is 16.6 Å². The zero-order valence-electron chi connectivity index (χ0n) is 7.84. The smallest absolute Gasteiger partial charge is 0.387 e. The van der Waals surface area contributed by atoms with E-state index in [2.05, 4.69) is 4.74 Å². The van der Waals surface area contributed by atoms with Crippen molar-refractivity contribution in [1.29, 1.82) is 0 Å². The minimum absolute atomic E-state index is 0.00278. The number of para-hydroxylation sites is 1. The molecule has 86 valence electrons. The first-order valence-corrected chi connectivity index (χ1v) is 4.09. The maximum Gasteiger partial charge on any atom is 0.387 e. The number of benzene rings is 1. The van der Waals surface area contributed by atoms with Crippen molar-refractivity contribution in [1.82, 2.24) is 0 Å². The Morgan fingerprint density at radius 2 is 2.19 bits per heavy atom. The number of ether oxygens (including phenoxy) is 1. The quantitative estimate of drug-likeness (QED) is 0.637. The number of hydrogen-bond donors (Lipinski definition) is 1. The van der Waals surface area contributed by atoms with Crippen LogP contribution >= 0.6 is 0 Å². The molecule has 0 aliphatic rings. The van der Waals surface area contributed by atoms with E-state index in [4.69, 9.17) is 0 Å². The lowest BCUT2D eigenvalue weighted by molar-refractivity contribution is -0.400. The average molecular weight is 231 g/mol. The lowest BCUT2D eigenvalue weighted by Gasteiger charge is -2.08. The van der Waals surface area contributed by atoms with Gasteiger partial charge in [-0.15, -0.1) is 0 Å². The summed E-state index contributed by atoms with van der Waals surface area (Å²) in [6.07, 6.45) is 1.52. The van der Waals surface area contributed by atoms with Crippen molar-refractivity contribution in [3.8, 4) is 11.5 Å². The summed E-state index contributed by atoms with van der Waals surface area (Å²) in [7, 11) is 0. The van der Waals surface area contributed by atoms with Gasteiger partial charge in [0.05, 0.1) is 4.92 Å². The van der Waals surface area contributed by atoms with E-state index in [9.17, 15) is 24.0 Å². The first-order valence-electron chi connectivity index (χ1n) is 4.09. The predicted molar refractivity (Wildman–Crippen MR) is 50.8 cm³/mol. The molecule has 0 spiro atoms. The van der Waals surface area contributed by atoms with Crippen molar-refractivity contribution in [2.24, 2.45) is 0 Å². The van der Waals surface area contributed by atoms with E-state index in [0.29, 0.717) is 6.20 Å². The SMILES string of the molecule is O=[N+]([O-])/C=C/c1cccc(O)c1OC(F)F. The topological polar surface area (TPSA) is 72.6 Å². The molecule has 0 aliphatic heterocycles. The summed E-state index contributed by atoms with van der Waals surface area (Å²) in [4.78, 5) is 9.30. The van der Waals surface area contributed by atoms with Crippen molar-refractivity contribution in [3.05, 3.63) is 40.1 Å². The van der Waals surface area contributed by atoms with Crippen molar-refractivity contribution >= 4 is 6.08 Å². The Hall–Kier alpha value is -2.18. The van der Waals surface area contributed by atoms with Gasteiger partial charge >= 0.3 is 6.61 Å². The van der Waals surface area contributed by atoms with Crippen LogP contribution in [0.3, 0.4) is 0 Å². The molecule has 0 aromatic heterocycles. The average Bonchev–Trinajstić information content (AvgIpc) is 2.18. The Kier molecular flexibility index (Phi) is 3.76. The number of phenols is 1. The van der Waals surface area contributed by atoms with Gasteiger partial charge in [-0.1, -0.05) is 12.1 Å². The minimum Gasteiger partial charge on any atom is -0.504 e. The molecule has 0 heterocycles. The molecule has 0 bridgehead atoms. The highest BCUT2D eigenvalue weighted by atomic mass is 19.3. The second kappa shape index (κ2) is 5.06. The third-order valence-electron chi connectivity index (χ3n) is 1.61. The summed E-state index contributed by atoms with van der Waals surface area (Å²) in [5.41, 5.74) is -0.00278. The number of alkyl halides is 2. The first kappa shape index (κ1) is 11.9. The van der Waals surface area contributed by atoms with E-state index in [-0.39, 0.29) is 5.56 Å². The molecule has 1 N–H and O–H groups in total. The van der Waals surface area contributed by atoms with E-state index in [0.717, 1.165) is 12.1 Å².